The molecule has 1 aromatic rings. The SMILES string of the molecule is COC(=O)CCCCCN=C1NC(=O)[C@H](CC(=O)Nc2ccccc2C)S1. The van der Waals surface area contributed by atoms with Crippen molar-refractivity contribution in [1.82, 2.24) is 5.32 Å². The van der Waals surface area contributed by atoms with Crippen molar-refractivity contribution < 1.29 is 19.1 Å². The summed E-state index contributed by atoms with van der Waals surface area (Å²) in [6.45, 7) is 2.49. The number of aryl methyl sites for hydroxylation is 1. The minimum Gasteiger partial charge on any atom is -0.469 e. The van der Waals surface area contributed by atoms with Gasteiger partial charge in [0.2, 0.25) is 11.8 Å². The van der Waals surface area contributed by atoms with Gasteiger partial charge in [-0.1, -0.05) is 36.4 Å². The lowest BCUT2D eigenvalue weighted by molar-refractivity contribution is -0.140. The number of thioether (sulfide) groups is 1. The van der Waals surface area contributed by atoms with Crippen LogP contribution < -0.4 is 10.6 Å². The molecule has 0 bridgehead atoms. The van der Waals surface area contributed by atoms with Crippen LogP contribution in [0.1, 0.15) is 37.7 Å². The highest BCUT2D eigenvalue weighted by Crippen LogP contribution is 2.23. The van der Waals surface area contributed by atoms with Crippen LogP contribution in [0.4, 0.5) is 5.69 Å². The fraction of sp³-hybridized carbons (Fsp3) is 0.474. The molecule has 1 saturated heterocycles. The summed E-state index contributed by atoms with van der Waals surface area (Å²) in [4.78, 5) is 39.6. The van der Waals surface area contributed by atoms with Crippen LogP contribution in [0, 0.1) is 6.92 Å². The summed E-state index contributed by atoms with van der Waals surface area (Å²) in [7, 11) is 1.38. The fourth-order valence-electron chi connectivity index (χ4n) is 2.54. The Balaban J connectivity index is 1.72. The summed E-state index contributed by atoms with van der Waals surface area (Å²) in [5.74, 6) is -0.586. The number of esters is 1. The molecular weight excluding hydrogens is 366 g/mol. The Morgan fingerprint density at radius 3 is 2.78 bits per heavy atom. The first kappa shape index (κ1) is 21.0. The zero-order valence-electron chi connectivity index (χ0n) is 15.6. The van der Waals surface area contributed by atoms with E-state index < -0.39 is 5.25 Å². The van der Waals surface area contributed by atoms with E-state index in [4.69, 9.17) is 0 Å². The van der Waals surface area contributed by atoms with Gasteiger partial charge in [0.1, 0.15) is 5.25 Å². The van der Waals surface area contributed by atoms with Crippen LogP contribution in [0.25, 0.3) is 0 Å². The van der Waals surface area contributed by atoms with Gasteiger partial charge >= 0.3 is 5.97 Å². The second-order valence-electron chi connectivity index (χ2n) is 6.24. The number of benzene rings is 1. The van der Waals surface area contributed by atoms with E-state index in [9.17, 15) is 14.4 Å². The first-order chi connectivity index (χ1) is 13.0. The predicted octanol–water partition coefficient (Wildman–Crippen LogP) is 2.64. The van der Waals surface area contributed by atoms with Gasteiger partial charge in [0.05, 0.1) is 7.11 Å². The van der Waals surface area contributed by atoms with E-state index in [1.807, 2.05) is 31.2 Å². The molecule has 2 rings (SSSR count). The van der Waals surface area contributed by atoms with Crippen LogP contribution >= 0.6 is 11.8 Å². The van der Waals surface area contributed by atoms with Gasteiger partial charge < -0.3 is 15.4 Å². The molecule has 146 valence electrons. The number of para-hydroxylation sites is 1. The number of methoxy groups -OCH3 is 1. The number of hydrogen-bond acceptors (Lipinski definition) is 6. The first-order valence-electron chi connectivity index (χ1n) is 8.94. The van der Waals surface area contributed by atoms with E-state index in [0.717, 1.165) is 30.5 Å². The van der Waals surface area contributed by atoms with E-state index in [1.165, 1.54) is 18.9 Å². The number of ether oxygens (including phenoxy) is 1. The van der Waals surface area contributed by atoms with Crippen molar-refractivity contribution in [2.75, 3.05) is 19.0 Å². The largest absolute Gasteiger partial charge is 0.469 e. The molecule has 1 fully saturated rings. The summed E-state index contributed by atoms with van der Waals surface area (Å²) in [5, 5.41) is 5.66. The highest BCUT2D eigenvalue weighted by Gasteiger charge is 2.31. The molecule has 27 heavy (non-hydrogen) atoms. The average Bonchev–Trinajstić information content (AvgIpc) is 2.99. The zero-order chi connectivity index (χ0) is 19.6. The van der Waals surface area contributed by atoms with Crippen molar-refractivity contribution in [1.29, 1.82) is 0 Å². The van der Waals surface area contributed by atoms with Crippen molar-refractivity contribution in [2.24, 2.45) is 4.99 Å². The molecule has 1 atom stereocenters. The molecule has 0 aromatic heterocycles. The minimum absolute atomic E-state index is 0.100. The van der Waals surface area contributed by atoms with E-state index in [0.29, 0.717) is 18.1 Å². The quantitative estimate of drug-likeness (QED) is 0.498. The van der Waals surface area contributed by atoms with Gasteiger partial charge in [0, 0.05) is 25.1 Å². The topological polar surface area (TPSA) is 96.9 Å². The van der Waals surface area contributed by atoms with E-state index in [1.54, 1.807) is 0 Å². The van der Waals surface area contributed by atoms with Crippen LogP contribution in [0.15, 0.2) is 29.3 Å². The minimum atomic E-state index is -0.466. The van der Waals surface area contributed by atoms with E-state index >= 15 is 0 Å². The highest BCUT2D eigenvalue weighted by molar-refractivity contribution is 8.15. The number of nitrogens with zero attached hydrogens (tertiary/aromatic N) is 1. The summed E-state index contributed by atoms with van der Waals surface area (Å²) in [5.41, 5.74) is 1.73. The number of hydrogen-bond donors (Lipinski definition) is 2. The molecular formula is C19H25N3O4S. The first-order valence-corrected chi connectivity index (χ1v) is 9.82. The maximum absolute atomic E-state index is 12.2. The number of anilines is 1. The number of carbonyl (C=O) groups excluding carboxylic acids is 3. The second kappa shape index (κ2) is 10.7. The maximum Gasteiger partial charge on any atom is 0.305 e. The van der Waals surface area contributed by atoms with Crippen LogP contribution in [-0.4, -0.2) is 41.9 Å². The number of nitrogens with one attached hydrogen (secondary N) is 2. The van der Waals surface area contributed by atoms with E-state index in [2.05, 4.69) is 20.4 Å². The maximum atomic E-state index is 12.2. The Morgan fingerprint density at radius 2 is 2.04 bits per heavy atom. The smallest absolute Gasteiger partial charge is 0.305 e. The molecule has 8 heteroatoms. The third-order valence-electron chi connectivity index (χ3n) is 4.09. The predicted molar refractivity (Wildman–Crippen MR) is 107 cm³/mol. The lowest BCUT2D eigenvalue weighted by Gasteiger charge is -2.09. The molecule has 1 aliphatic heterocycles. The molecule has 0 saturated carbocycles. The van der Waals surface area contributed by atoms with Gasteiger partial charge in [0.25, 0.3) is 0 Å². The Labute approximate surface area is 163 Å². The number of amidine groups is 1. The van der Waals surface area contributed by atoms with E-state index in [-0.39, 0.29) is 24.2 Å². The third-order valence-corrected chi connectivity index (χ3v) is 5.21. The monoisotopic (exact) mass is 391 g/mol. The van der Waals surface area contributed by atoms with Gasteiger partial charge in [-0.05, 0) is 31.4 Å². The molecule has 0 radical (unpaired) electrons. The second-order valence-corrected chi connectivity index (χ2v) is 7.43. The Morgan fingerprint density at radius 1 is 1.26 bits per heavy atom. The molecule has 1 aromatic carbocycles. The summed E-state index contributed by atoms with van der Waals surface area (Å²) in [6.07, 6.45) is 2.97. The fourth-order valence-corrected chi connectivity index (χ4v) is 3.53. The van der Waals surface area contributed by atoms with Crippen molar-refractivity contribution >= 4 is 40.4 Å². The van der Waals surface area contributed by atoms with Gasteiger partial charge in [0.15, 0.2) is 5.17 Å². The number of unbranched alkanes of at least 4 members (excludes halogenated alkanes) is 2. The van der Waals surface area contributed by atoms with Crippen LogP contribution in [-0.2, 0) is 19.1 Å². The number of rotatable bonds is 9. The van der Waals surface area contributed by atoms with Crippen LogP contribution in [0.2, 0.25) is 0 Å². The van der Waals surface area contributed by atoms with Crippen molar-refractivity contribution in [3.63, 3.8) is 0 Å². The molecule has 1 aliphatic rings. The summed E-state index contributed by atoms with van der Waals surface area (Å²) < 4.78 is 4.59. The van der Waals surface area contributed by atoms with Crippen LogP contribution in [0.5, 0.6) is 0 Å². The van der Waals surface area contributed by atoms with Crippen molar-refractivity contribution in [3.05, 3.63) is 29.8 Å². The molecule has 0 spiro atoms. The average molecular weight is 391 g/mol. The van der Waals surface area contributed by atoms with Gasteiger partial charge in [-0.15, -0.1) is 0 Å². The Kier molecular flexibility index (Phi) is 8.32. The number of aliphatic imine (C=N–C) groups is 1. The third kappa shape index (κ3) is 7.05. The number of amides is 2. The molecule has 2 N–H and O–H groups in total. The zero-order valence-corrected chi connectivity index (χ0v) is 16.4. The van der Waals surface area contributed by atoms with Crippen LogP contribution in [0.3, 0.4) is 0 Å². The highest BCUT2D eigenvalue weighted by atomic mass is 32.2. The van der Waals surface area contributed by atoms with Gasteiger partial charge in [-0.2, -0.15) is 0 Å². The van der Waals surface area contributed by atoms with Gasteiger partial charge in [-0.25, -0.2) is 0 Å². The Bertz CT molecular complexity index is 721. The molecule has 0 unspecified atom stereocenters. The molecule has 0 aliphatic carbocycles. The normalized spacial score (nSPS) is 17.6. The van der Waals surface area contributed by atoms with Crippen molar-refractivity contribution in [2.45, 2.75) is 44.3 Å². The summed E-state index contributed by atoms with van der Waals surface area (Å²) >= 11 is 1.29. The molecule has 1 heterocycles. The molecule has 7 nitrogen and oxygen atoms in total. The van der Waals surface area contributed by atoms with Crippen molar-refractivity contribution in [3.8, 4) is 0 Å². The van der Waals surface area contributed by atoms with Gasteiger partial charge in [-0.3, -0.25) is 19.4 Å². The molecule has 2 amide bonds. The lowest BCUT2D eigenvalue weighted by atomic mass is 10.2. The lowest BCUT2D eigenvalue weighted by Crippen LogP contribution is -2.28. The number of carbonyl (C=O) groups is 3. The summed E-state index contributed by atoms with van der Waals surface area (Å²) in [6, 6.07) is 7.52. The Hall–Kier alpha value is -2.35. The standard InChI is InChI=1S/C19H25N3O4S/c1-13-8-5-6-9-14(13)21-16(23)12-15-18(25)22-19(27-15)20-11-7-3-4-10-17(24)26-2/h5-6,8-9,15H,3-4,7,10-12H2,1-2H3,(H,21,23)(H,20,22,25)/t15-/m0/s1.